The fourth-order valence-corrected chi connectivity index (χ4v) is 7.53. The van der Waals surface area contributed by atoms with Crippen molar-refractivity contribution in [3.05, 3.63) is 51.7 Å². The smallest absolute Gasteiger partial charge is 0.163 e. The maximum Gasteiger partial charge on any atom is 0.163 e. The van der Waals surface area contributed by atoms with Crippen LogP contribution in [-0.2, 0) is 20.0 Å². The van der Waals surface area contributed by atoms with E-state index in [-0.39, 0.29) is 0 Å². The van der Waals surface area contributed by atoms with Gasteiger partial charge in [-0.3, -0.25) is 9.69 Å². The molecule has 0 saturated heterocycles. The lowest BCUT2D eigenvalue weighted by Crippen LogP contribution is -2.32. The van der Waals surface area contributed by atoms with E-state index in [2.05, 4.69) is 27.9 Å². The van der Waals surface area contributed by atoms with E-state index < -0.39 is 0 Å². The van der Waals surface area contributed by atoms with Gasteiger partial charge in [0.2, 0.25) is 0 Å². The van der Waals surface area contributed by atoms with Gasteiger partial charge in [0.05, 0.1) is 10.7 Å². The molecule has 6 rings (SSSR count). The predicted molar refractivity (Wildman–Crippen MR) is 140 cm³/mol. The standard InChI is InChI=1S/C29H37N3OS/c1-31-17-23-6-3-7-24(25(23)18-31)27(33)16-21-10-8-20(9-11-21)12-14-32-15-13-28-26(19-32)30-29(34-28)22-4-2-5-22/h3,6-7,17-18,20-22H,2,4-5,8-16,19H2,1H3. The molecular formula is C29H37N3OS. The van der Waals surface area contributed by atoms with E-state index >= 15 is 0 Å². The summed E-state index contributed by atoms with van der Waals surface area (Å²) in [5, 5.41) is 3.70. The van der Waals surface area contributed by atoms with Crippen LogP contribution >= 0.6 is 11.3 Å². The van der Waals surface area contributed by atoms with Crippen LogP contribution in [0.1, 0.15) is 89.6 Å². The molecule has 2 aromatic heterocycles. The van der Waals surface area contributed by atoms with E-state index in [1.807, 2.05) is 30.5 Å². The fraction of sp³-hybridized carbons (Fsp3) is 0.586. The Hall–Kier alpha value is -1.98. The summed E-state index contributed by atoms with van der Waals surface area (Å²) in [5.74, 6) is 2.48. The molecule has 180 valence electrons. The van der Waals surface area contributed by atoms with Crippen molar-refractivity contribution in [2.45, 2.75) is 76.7 Å². The third-order valence-corrected chi connectivity index (χ3v) is 10.0. The molecule has 2 saturated carbocycles. The van der Waals surface area contributed by atoms with Gasteiger partial charge in [0, 0.05) is 66.1 Å². The Kier molecular flexibility index (Phi) is 6.33. The molecule has 34 heavy (non-hydrogen) atoms. The zero-order chi connectivity index (χ0) is 23.1. The quantitative estimate of drug-likeness (QED) is 0.356. The van der Waals surface area contributed by atoms with Gasteiger partial charge in [0.15, 0.2) is 5.78 Å². The van der Waals surface area contributed by atoms with Gasteiger partial charge in [-0.25, -0.2) is 4.98 Å². The number of thiazole rings is 1. The van der Waals surface area contributed by atoms with Crippen molar-refractivity contribution in [1.29, 1.82) is 0 Å². The van der Waals surface area contributed by atoms with Crippen LogP contribution < -0.4 is 0 Å². The van der Waals surface area contributed by atoms with Crippen molar-refractivity contribution < 1.29 is 4.79 Å². The highest BCUT2D eigenvalue weighted by Gasteiger charge is 2.28. The lowest BCUT2D eigenvalue weighted by Gasteiger charge is -2.31. The first-order chi connectivity index (χ1) is 16.6. The number of Topliss-reactive ketones (excluding diaryl/α,β-unsaturated/α-hetero) is 1. The molecule has 0 amide bonds. The van der Waals surface area contributed by atoms with Gasteiger partial charge in [-0.2, -0.15) is 0 Å². The van der Waals surface area contributed by atoms with Crippen LogP contribution in [0.3, 0.4) is 0 Å². The molecule has 0 spiro atoms. The summed E-state index contributed by atoms with van der Waals surface area (Å²) in [6.07, 6.45) is 16.5. The molecule has 5 heteroatoms. The van der Waals surface area contributed by atoms with Crippen LogP contribution in [0.5, 0.6) is 0 Å². The van der Waals surface area contributed by atoms with E-state index in [1.54, 1.807) is 4.88 Å². The number of carbonyl (C=O) groups excluding carboxylic acids is 1. The molecule has 3 heterocycles. The van der Waals surface area contributed by atoms with E-state index in [9.17, 15) is 4.79 Å². The van der Waals surface area contributed by atoms with Crippen LogP contribution in [0.4, 0.5) is 0 Å². The lowest BCUT2D eigenvalue weighted by molar-refractivity contribution is 0.0941. The highest BCUT2D eigenvalue weighted by atomic mass is 32.1. The van der Waals surface area contributed by atoms with Crippen molar-refractivity contribution in [3.63, 3.8) is 0 Å². The van der Waals surface area contributed by atoms with Crippen molar-refractivity contribution in [2.24, 2.45) is 18.9 Å². The topological polar surface area (TPSA) is 38.1 Å². The minimum Gasteiger partial charge on any atom is -0.356 e. The number of fused-ring (bicyclic) bond motifs is 2. The van der Waals surface area contributed by atoms with Crippen molar-refractivity contribution in [2.75, 3.05) is 13.1 Å². The summed E-state index contributed by atoms with van der Waals surface area (Å²) in [7, 11) is 2.03. The first-order valence-electron chi connectivity index (χ1n) is 13.4. The van der Waals surface area contributed by atoms with Gasteiger partial charge in [0.25, 0.3) is 0 Å². The normalized spacial score (nSPS) is 23.7. The predicted octanol–water partition coefficient (Wildman–Crippen LogP) is 6.73. The summed E-state index contributed by atoms with van der Waals surface area (Å²) < 4.78 is 2.05. The summed E-state index contributed by atoms with van der Waals surface area (Å²) >= 11 is 2.01. The highest BCUT2D eigenvalue weighted by Crippen LogP contribution is 2.40. The summed E-state index contributed by atoms with van der Waals surface area (Å²) in [6, 6.07) is 6.13. The Balaban J connectivity index is 0.968. The average molecular weight is 476 g/mol. The first-order valence-corrected chi connectivity index (χ1v) is 14.2. The molecule has 0 bridgehead atoms. The van der Waals surface area contributed by atoms with Gasteiger partial charge in [-0.15, -0.1) is 11.3 Å². The van der Waals surface area contributed by atoms with E-state index in [4.69, 9.17) is 4.98 Å². The molecule has 0 atom stereocenters. The molecular weight excluding hydrogens is 438 g/mol. The van der Waals surface area contributed by atoms with Gasteiger partial charge in [-0.05, 0) is 56.9 Å². The molecule has 3 aromatic rings. The van der Waals surface area contributed by atoms with Gasteiger partial charge >= 0.3 is 0 Å². The first kappa shape index (κ1) is 22.5. The number of carbonyl (C=O) groups is 1. The third kappa shape index (κ3) is 4.61. The minimum absolute atomic E-state index is 0.328. The summed E-state index contributed by atoms with van der Waals surface area (Å²) in [6.45, 7) is 3.47. The van der Waals surface area contributed by atoms with Crippen LogP contribution in [0.2, 0.25) is 0 Å². The number of nitrogens with zero attached hydrogens (tertiary/aromatic N) is 3. The monoisotopic (exact) mass is 475 g/mol. The third-order valence-electron chi connectivity index (χ3n) is 8.69. The second-order valence-corrected chi connectivity index (χ2v) is 12.2. The minimum atomic E-state index is 0.328. The molecule has 0 unspecified atom stereocenters. The second kappa shape index (κ2) is 9.58. The van der Waals surface area contributed by atoms with Crippen molar-refractivity contribution in [1.82, 2.24) is 14.5 Å². The van der Waals surface area contributed by atoms with Gasteiger partial charge < -0.3 is 4.57 Å². The molecule has 0 N–H and O–H groups in total. The Bertz CT molecular complexity index is 1170. The Labute approximate surface area is 207 Å². The van der Waals surface area contributed by atoms with Crippen LogP contribution in [0.15, 0.2) is 30.6 Å². The molecule has 4 nitrogen and oxygen atoms in total. The molecule has 2 fully saturated rings. The number of rotatable bonds is 7. The van der Waals surface area contributed by atoms with Crippen molar-refractivity contribution in [3.8, 4) is 0 Å². The maximum atomic E-state index is 13.1. The summed E-state index contributed by atoms with van der Waals surface area (Å²) in [5.41, 5.74) is 2.29. The molecule has 3 aliphatic rings. The van der Waals surface area contributed by atoms with E-state index in [0.717, 1.165) is 29.3 Å². The number of aromatic nitrogens is 2. The Morgan fingerprint density at radius 3 is 2.71 bits per heavy atom. The van der Waals surface area contributed by atoms with E-state index in [0.29, 0.717) is 18.1 Å². The zero-order valence-electron chi connectivity index (χ0n) is 20.5. The van der Waals surface area contributed by atoms with Gasteiger partial charge in [0.1, 0.15) is 0 Å². The summed E-state index contributed by atoms with van der Waals surface area (Å²) in [4.78, 5) is 22.3. The SMILES string of the molecule is Cn1cc2cccc(C(=O)CC3CCC(CCN4CCc5sc(C6CCC6)nc5C4)CC3)c2c1. The number of benzene rings is 1. The maximum absolute atomic E-state index is 13.1. The van der Waals surface area contributed by atoms with Crippen LogP contribution in [-0.4, -0.2) is 33.3 Å². The fourth-order valence-electron chi connectivity index (χ4n) is 6.30. The molecule has 1 aromatic carbocycles. The van der Waals surface area contributed by atoms with Crippen LogP contribution in [0.25, 0.3) is 10.8 Å². The van der Waals surface area contributed by atoms with Gasteiger partial charge in [-0.1, -0.05) is 37.5 Å². The lowest BCUT2D eigenvalue weighted by atomic mass is 9.78. The highest BCUT2D eigenvalue weighted by molar-refractivity contribution is 7.11. The Morgan fingerprint density at radius 1 is 1.09 bits per heavy atom. The van der Waals surface area contributed by atoms with Crippen molar-refractivity contribution >= 4 is 27.9 Å². The molecule has 0 radical (unpaired) electrons. The molecule has 1 aliphatic heterocycles. The zero-order valence-corrected chi connectivity index (χ0v) is 21.3. The van der Waals surface area contributed by atoms with Crippen LogP contribution in [0, 0.1) is 11.8 Å². The number of ketones is 1. The van der Waals surface area contributed by atoms with E-state index in [1.165, 1.54) is 87.0 Å². The largest absolute Gasteiger partial charge is 0.356 e. The average Bonchev–Trinajstić information content (AvgIpc) is 3.38. The number of hydrogen-bond donors (Lipinski definition) is 0. The number of aryl methyl sites for hydroxylation is 1. The number of hydrogen-bond acceptors (Lipinski definition) is 4. The Morgan fingerprint density at radius 2 is 1.91 bits per heavy atom. The second-order valence-electron chi connectivity index (χ2n) is 11.1. The molecule has 2 aliphatic carbocycles.